The first-order valence-electron chi connectivity index (χ1n) is 6.99. The molecule has 0 aliphatic rings. The molecule has 0 saturated heterocycles. The lowest BCUT2D eigenvalue weighted by Crippen LogP contribution is -2.21. The zero-order valence-electron chi connectivity index (χ0n) is 11.8. The largest absolute Gasteiger partial charge is 0.376 e. The molecule has 0 aliphatic heterocycles. The van der Waals surface area contributed by atoms with Gasteiger partial charge in [-0.3, -0.25) is 4.79 Å². The van der Waals surface area contributed by atoms with Crippen LogP contribution in [0.15, 0.2) is 71.2 Å². The third-order valence-corrected chi connectivity index (χ3v) is 3.83. The number of carbonyl (C=O) groups is 1. The highest BCUT2D eigenvalue weighted by atomic mass is 79.9. The molecule has 0 heterocycles. The van der Waals surface area contributed by atoms with Crippen LogP contribution in [0.1, 0.15) is 0 Å². The zero-order chi connectivity index (χ0) is 15.4. The van der Waals surface area contributed by atoms with Crippen molar-refractivity contribution < 1.29 is 4.79 Å². The number of benzene rings is 3. The van der Waals surface area contributed by atoms with Crippen LogP contribution in [0.3, 0.4) is 0 Å². The summed E-state index contributed by atoms with van der Waals surface area (Å²) < 4.78 is 0.979. The molecule has 3 aromatic rings. The summed E-state index contributed by atoms with van der Waals surface area (Å²) in [6, 6.07) is 21.6. The number of amides is 1. The molecular formula is C18H15BrN2O. The average molecular weight is 355 g/mol. The first kappa shape index (κ1) is 14.6. The summed E-state index contributed by atoms with van der Waals surface area (Å²) in [5.74, 6) is -0.0728. The molecule has 110 valence electrons. The van der Waals surface area contributed by atoms with Crippen LogP contribution in [0.25, 0.3) is 10.8 Å². The van der Waals surface area contributed by atoms with Gasteiger partial charge >= 0.3 is 0 Å². The predicted octanol–water partition coefficient (Wildman–Crippen LogP) is 4.65. The first-order valence-corrected chi connectivity index (χ1v) is 7.79. The summed E-state index contributed by atoms with van der Waals surface area (Å²) in [7, 11) is 0. The van der Waals surface area contributed by atoms with Crippen LogP contribution >= 0.6 is 15.9 Å². The van der Waals surface area contributed by atoms with Gasteiger partial charge < -0.3 is 10.6 Å². The molecule has 0 aliphatic carbocycles. The molecule has 0 saturated carbocycles. The number of carbonyl (C=O) groups excluding carboxylic acids is 1. The van der Waals surface area contributed by atoms with E-state index in [-0.39, 0.29) is 12.5 Å². The summed E-state index contributed by atoms with van der Waals surface area (Å²) in [6.07, 6.45) is 0. The smallest absolute Gasteiger partial charge is 0.243 e. The number of nitrogens with one attached hydrogen (secondary N) is 2. The summed E-state index contributed by atoms with van der Waals surface area (Å²) in [4.78, 5) is 12.1. The van der Waals surface area contributed by atoms with E-state index in [9.17, 15) is 4.79 Å². The SMILES string of the molecule is O=C(CNc1cccc(Br)c1)Nc1cccc2ccccc12. The molecule has 4 heteroatoms. The number of fused-ring (bicyclic) bond motifs is 1. The quantitative estimate of drug-likeness (QED) is 0.715. The van der Waals surface area contributed by atoms with Crippen LogP contribution in [-0.2, 0) is 4.79 Å². The zero-order valence-corrected chi connectivity index (χ0v) is 13.4. The highest BCUT2D eigenvalue weighted by molar-refractivity contribution is 9.10. The van der Waals surface area contributed by atoms with Crippen molar-refractivity contribution in [1.82, 2.24) is 0 Å². The molecule has 3 rings (SSSR count). The Morgan fingerprint density at radius 3 is 2.59 bits per heavy atom. The minimum atomic E-state index is -0.0728. The summed E-state index contributed by atoms with van der Waals surface area (Å²) in [5, 5.41) is 8.22. The van der Waals surface area contributed by atoms with Crippen LogP contribution in [0.5, 0.6) is 0 Å². The van der Waals surface area contributed by atoms with Gasteiger partial charge in [0.2, 0.25) is 5.91 Å². The Bertz CT molecular complexity index is 812. The summed E-state index contributed by atoms with van der Waals surface area (Å²) >= 11 is 3.41. The molecular weight excluding hydrogens is 340 g/mol. The van der Waals surface area contributed by atoms with Crippen molar-refractivity contribution in [1.29, 1.82) is 0 Å². The normalized spacial score (nSPS) is 10.4. The van der Waals surface area contributed by atoms with E-state index < -0.39 is 0 Å². The van der Waals surface area contributed by atoms with Gasteiger partial charge in [-0.05, 0) is 29.7 Å². The number of hydrogen-bond donors (Lipinski definition) is 2. The highest BCUT2D eigenvalue weighted by Gasteiger charge is 2.05. The molecule has 0 aromatic heterocycles. The van der Waals surface area contributed by atoms with Crippen LogP contribution in [0.2, 0.25) is 0 Å². The van der Waals surface area contributed by atoms with Crippen LogP contribution < -0.4 is 10.6 Å². The van der Waals surface area contributed by atoms with Crippen LogP contribution in [0, 0.1) is 0 Å². The Balaban J connectivity index is 1.68. The maximum atomic E-state index is 12.1. The van der Waals surface area contributed by atoms with Gasteiger partial charge in [0, 0.05) is 21.2 Å². The Labute approximate surface area is 137 Å². The van der Waals surface area contributed by atoms with Crippen molar-refractivity contribution in [3.8, 4) is 0 Å². The van der Waals surface area contributed by atoms with E-state index >= 15 is 0 Å². The van der Waals surface area contributed by atoms with Crippen molar-refractivity contribution in [3.63, 3.8) is 0 Å². The minimum Gasteiger partial charge on any atom is -0.376 e. The lowest BCUT2D eigenvalue weighted by Gasteiger charge is -2.10. The summed E-state index contributed by atoms with van der Waals surface area (Å²) in [5.41, 5.74) is 1.74. The molecule has 2 N–H and O–H groups in total. The second-order valence-corrected chi connectivity index (χ2v) is 5.85. The van der Waals surface area contributed by atoms with Crippen LogP contribution in [-0.4, -0.2) is 12.5 Å². The number of halogens is 1. The first-order chi connectivity index (χ1) is 10.7. The van der Waals surface area contributed by atoms with Gasteiger partial charge in [0.15, 0.2) is 0 Å². The van der Waals surface area contributed by atoms with Crippen molar-refractivity contribution in [2.75, 3.05) is 17.2 Å². The van der Waals surface area contributed by atoms with E-state index in [4.69, 9.17) is 0 Å². The lowest BCUT2D eigenvalue weighted by molar-refractivity contribution is -0.114. The lowest BCUT2D eigenvalue weighted by atomic mass is 10.1. The highest BCUT2D eigenvalue weighted by Crippen LogP contribution is 2.23. The van der Waals surface area contributed by atoms with Crippen molar-refractivity contribution in [2.24, 2.45) is 0 Å². The Morgan fingerprint density at radius 1 is 0.955 bits per heavy atom. The second-order valence-electron chi connectivity index (χ2n) is 4.94. The van der Waals surface area contributed by atoms with Crippen molar-refractivity contribution >= 4 is 44.0 Å². The molecule has 1 amide bonds. The topological polar surface area (TPSA) is 41.1 Å². The molecule has 0 unspecified atom stereocenters. The fraction of sp³-hybridized carbons (Fsp3) is 0.0556. The molecule has 22 heavy (non-hydrogen) atoms. The maximum absolute atomic E-state index is 12.1. The molecule has 0 spiro atoms. The van der Waals surface area contributed by atoms with Crippen molar-refractivity contribution in [3.05, 3.63) is 71.2 Å². The van der Waals surface area contributed by atoms with E-state index in [1.54, 1.807) is 0 Å². The molecule has 0 bridgehead atoms. The van der Waals surface area contributed by atoms with E-state index in [1.807, 2.05) is 66.7 Å². The minimum absolute atomic E-state index is 0.0728. The van der Waals surface area contributed by atoms with E-state index in [0.717, 1.165) is 26.6 Å². The third-order valence-electron chi connectivity index (χ3n) is 3.34. The van der Waals surface area contributed by atoms with Gasteiger partial charge in [-0.25, -0.2) is 0 Å². The van der Waals surface area contributed by atoms with Gasteiger partial charge in [0.05, 0.1) is 6.54 Å². The fourth-order valence-corrected chi connectivity index (χ4v) is 2.71. The van der Waals surface area contributed by atoms with E-state index in [2.05, 4.69) is 26.6 Å². The Hall–Kier alpha value is -2.33. The second kappa shape index (κ2) is 6.62. The van der Waals surface area contributed by atoms with Crippen LogP contribution in [0.4, 0.5) is 11.4 Å². The van der Waals surface area contributed by atoms with Gasteiger partial charge in [0.25, 0.3) is 0 Å². The number of anilines is 2. The van der Waals surface area contributed by atoms with Gasteiger partial charge in [-0.2, -0.15) is 0 Å². The monoisotopic (exact) mass is 354 g/mol. The molecule has 0 radical (unpaired) electrons. The molecule has 0 fully saturated rings. The van der Waals surface area contributed by atoms with Gasteiger partial charge in [0.1, 0.15) is 0 Å². The third kappa shape index (κ3) is 3.46. The standard InChI is InChI=1S/C18H15BrN2O/c19-14-7-4-8-15(11-14)20-12-18(22)21-17-10-3-6-13-5-1-2-9-16(13)17/h1-11,20H,12H2,(H,21,22). The molecule has 0 atom stereocenters. The number of rotatable bonds is 4. The Kier molecular flexibility index (Phi) is 4.39. The van der Waals surface area contributed by atoms with Crippen molar-refractivity contribution in [2.45, 2.75) is 0 Å². The Morgan fingerprint density at radius 2 is 1.73 bits per heavy atom. The summed E-state index contributed by atoms with van der Waals surface area (Å²) in [6.45, 7) is 0.222. The number of hydrogen-bond acceptors (Lipinski definition) is 2. The average Bonchev–Trinajstić information content (AvgIpc) is 2.53. The van der Waals surface area contributed by atoms with E-state index in [0.29, 0.717) is 0 Å². The predicted molar refractivity (Wildman–Crippen MR) is 95.2 cm³/mol. The van der Waals surface area contributed by atoms with Gasteiger partial charge in [-0.15, -0.1) is 0 Å². The molecule has 3 nitrogen and oxygen atoms in total. The maximum Gasteiger partial charge on any atom is 0.243 e. The fourth-order valence-electron chi connectivity index (χ4n) is 2.31. The van der Waals surface area contributed by atoms with E-state index in [1.165, 1.54) is 0 Å². The molecule has 3 aromatic carbocycles. The van der Waals surface area contributed by atoms with Gasteiger partial charge in [-0.1, -0.05) is 58.4 Å².